The van der Waals surface area contributed by atoms with E-state index in [1.165, 1.54) is 16.3 Å². The number of thioether (sulfide) groups is 1. The highest BCUT2D eigenvalue weighted by Crippen LogP contribution is 2.45. The molecule has 0 fully saturated rings. The molecule has 0 radical (unpaired) electrons. The lowest BCUT2D eigenvalue weighted by molar-refractivity contribution is -0.137. The van der Waals surface area contributed by atoms with Crippen molar-refractivity contribution in [2.75, 3.05) is 42.8 Å². The van der Waals surface area contributed by atoms with Gasteiger partial charge in [-0.1, -0.05) is 31.5 Å². The molecule has 0 aliphatic carbocycles. The summed E-state index contributed by atoms with van der Waals surface area (Å²) in [6.07, 6.45) is 1.12. The van der Waals surface area contributed by atoms with Crippen LogP contribution in [0.5, 0.6) is 5.75 Å². The summed E-state index contributed by atoms with van der Waals surface area (Å²) in [5.74, 6) is 1.54. The number of fused-ring (bicyclic) bond motifs is 1. The summed E-state index contributed by atoms with van der Waals surface area (Å²) in [6.45, 7) is 3.39. The molecule has 0 saturated carbocycles. The number of rotatable bonds is 7. The first-order chi connectivity index (χ1) is 13.5. The third kappa shape index (κ3) is 4.73. The molecule has 6 heteroatoms. The summed E-state index contributed by atoms with van der Waals surface area (Å²) < 4.78 is 5.86. The van der Waals surface area contributed by atoms with Crippen LogP contribution in [0.4, 0.5) is 17.1 Å². The summed E-state index contributed by atoms with van der Waals surface area (Å²) in [6, 6.07) is 14.7. The average Bonchev–Trinajstić information content (AvgIpc) is 2.86. The number of aliphatic carboxylic acids is 1. The van der Waals surface area contributed by atoms with Crippen molar-refractivity contribution in [2.45, 2.75) is 24.7 Å². The zero-order valence-electron chi connectivity index (χ0n) is 16.7. The Morgan fingerprint density at radius 3 is 2.68 bits per heavy atom. The molecule has 2 aromatic carbocycles. The molecule has 1 N–H and O–H groups in total. The Hall–Kier alpha value is -2.34. The van der Waals surface area contributed by atoms with Crippen molar-refractivity contribution in [1.29, 1.82) is 0 Å². The molecule has 3 rings (SSSR count). The van der Waals surface area contributed by atoms with Crippen molar-refractivity contribution in [3.63, 3.8) is 0 Å². The van der Waals surface area contributed by atoms with E-state index in [0.717, 1.165) is 30.2 Å². The Balaban J connectivity index is 2.02. The minimum Gasteiger partial charge on any atom is -0.491 e. The predicted octanol–water partition coefficient (Wildman–Crippen LogP) is 4.88. The topological polar surface area (TPSA) is 53.0 Å². The highest BCUT2D eigenvalue weighted by molar-refractivity contribution is 7.99. The van der Waals surface area contributed by atoms with E-state index in [4.69, 9.17) is 9.84 Å². The van der Waals surface area contributed by atoms with E-state index in [1.54, 1.807) is 0 Å². The fraction of sp³-hybridized carbons (Fsp3) is 0.409. The average molecular weight is 401 g/mol. The van der Waals surface area contributed by atoms with Gasteiger partial charge in [-0.25, -0.2) is 0 Å². The van der Waals surface area contributed by atoms with Gasteiger partial charge in [-0.3, -0.25) is 4.79 Å². The number of hydrogen-bond donors (Lipinski definition) is 1. The van der Waals surface area contributed by atoms with Crippen LogP contribution in [0.25, 0.3) is 0 Å². The number of carboxylic acid groups (broad SMARTS) is 1. The molecule has 0 bridgehead atoms. The SMILES string of the molecule is CCC1CSc2cc(OCCC(=O)O)c(N(C)C)cc2N(c2ccccc2)C1. The van der Waals surface area contributed by atoms with Gasteiger partial charge >= 0.3 is 5.97 Å². The van der Waals surface area contributed by atoms with Gasteiger partial charge in [0, 0.05) is 37.0 Å². The van der Waals surface area contributed by atoms with Gasteiger partial charge in [0.15, 0.2) is 0 Å². The quantitative estimate of drug-likeness (QED) is 0.715. The first kappa shape index (κ1) is 20.4. The Morgan fingerprint density at radius 2 is 2.04 bits per heavy atom. The van der Waals surface area contributed by atoms with E-state index in [9.17, 15) is 4.79 Å². The van der Waals surface area contributed by atoms with Gasteiger partial charge in [0.25, 0.3) is 0 Å². The second kappa shape index (κ2) is 9.24. The van der Waals surface area contributed by atoms with Crippen LogP contribution in [0.15, 0.2) is 47.4 Å². The molecule has 0 spiro atoms. The number of para-hydroxylation sites is 1. The summed E-state index contributed by atoms with van der Waals surface area (Å²) in [5, 5.41) is 8.92. The minimum absolute atomic E-state index is 0.00878. The number of ether oxygens (including phenoxy) is 1. The van der Waals surface area contributed by atoms with Crippen LogP contribution in [0.2, 0.25) is 0 Å². The normalized spacial score (nSPS) is 16.2. The second-order valence-corrected chi connectivity index (χ2v) is 8.27. The van der Waals surface area contributed by atoms with Crippen LogP contribution in [0.3, 0.4) is 0 Å². The zero-order valence-corrected chi connectivity index (χ0v) is 17.5. The van der Waals surface area contributed by atoms with E-state index < -0.39 is 5.97 Å². The summed E-state index contributed by atoms with van der Waals surface area (Å²) in [5.41, 5.74) is 3.33. The van der Waals surface area contributed by atoms with Gasteiger partial charge in [0.1, 0.15) is 5.75 Å². The van der Waals surface area contributed by atoms with Crippen LogP contribution in [-0.4, -0.2) is 44.1 Å². The van der Waals surface area contributed by atoms with Gasteiger partial charge in [-0.15, -0.1) is 11.8 Å². The Bertz CT molecular complexity index is 811. The minimum atomic E-state index is -0.850. The van der Waals surface area contributed by atoms with Crippen molar-refractivity contribution in [2.24, 2.45) is 5.92 Å². The van der Waals surface area contributed by atoms with E-state index >= 15 is 0 Å². The monoisotopic (exact) mass is 400 g/mol. The number of nitrogens with zero attached hydrogens (tertiary/aromatic N) is 2. The molecular weight excluding hydrogens is 372 g/mol. The molecule has 1 atom stereocenters. The van der Waals surface area contributed by atoms with Crippen LogP contribution in [0, 0.1) is 5.92 Å². The lowest BCUT2D eigenvalue weighted by Crippen LogP contribution is -2.25. The third-order valence-corrected chi connectivity index (χ3v) is 6.22. The summed E-state index contributed by atoms with van der Waals surface area (Å²) in [7, 11) is 3.97. The lowest BCUT2D eigenvalue weighted by Gasteiger charge is -2.29. The maximum absolute atomic E-state index is 10.9. The smallest absolute Gasteiger partial charge is 0.306 e. The van der Waals surface area contributed by atoms with Crippen molar-refractivity contribution in [1.82, 2.24) is 0 Å². The van der Waals surface area contributed by atoms with Crippen molar-refractivity contribution < 1.29 is 14.6 Å². The van der Waals surface area contributed by atoms with Crippen LogP contribution in [0.1, 0.15) is 19.8 Å². The first-order valence-corrected chi connectivity index (χ1v) is 10.6. The molecule has 2 aromatic rings. The molecule has 1 heterocycles. The van der Waals surface area contributed by atoms with Gasteiger partial charge in [0.2, 0.25) is 0 Å². The number of anilines is 3. The third-order valence-electron chi connectivity index (χ3n) is 4.95. The number of carbonyl (C=O) groups is 1. The van der Waals surface area contributed by atoms with E-state index in [2.05, 4.69) is 48.2 Å². The summed E-state index contributed by atoms with van der Waals surface area (Å²) >= 11 is 1.86. The van der Waals surface area contributed by atoms with Gasteiger partial charge in [-0.2, -0.15) is 0 Å². The van der Waals surface area contributed by atoms with Crippen LogP contribution >= 0.6 is 11.8 Å². The molecule has 5 nitrogen and oxygen atoms in total. The second-order valence-electron chi connectivity index (χ2n) is 7.21. The molecule has 0 aromatic heterocycles. The highest BCUT2D eigenvalue weighted by atomic mass is 32.2. The van der Waals surface area contributed by atoms with E-state index in [-0.39, 0.29) is 13.0 Å². The van der Waals surface area contributed by atoms with Crippen LogP contribution < -0.4 is 14.5 Å². The molecular formula is C22H28N2O3S. The number of benzene rings is 2. The van der Waals surface area contributed by atoms with Gasteiger partial charge < -0.3 is 19.6 Å². The van der Waals surface area contributed by atoms with Crippen molar-refractivity contribution in [3.05, 3.63) is 42.5 Å². The Kier molecular flexibility index (Phi) is 6.73. The molecule has 150 valence electrons. The van der Waals surface area contributed by atoms with Crippen molar-refractivity contribution >= 4 is 34.8 Å². The van der Waals surface area contributed by atoms with E-state index in [0.29, 0.717) is 5.92 Å². The zero-order chi connectivity index (χ0) is 20.1. The predicted molar refractivity (Wildman–Crippen MR) is 116 cm³/mol. The molecule has 1 aliphatic rings. The molecule has 0 amide bonds. The maximum atomic E-state index is 10.9. The van der Waals surface area contributed by atoms with Gasteiger partial charge in [-0.05, 0) is 30.2 Å². The van der Waals surface area contributed by atoms with Gasteiger partial charge in [0.05, 0.1) is 24.4 Å². The molecule has 0 saturated heterocycles. The summed E-state index contributed by atoms with van der Waals surface area (Å²) in [4.78, 5) is 16.5. The number of hydrogen-bond acceptors (Lipinski definition) is 5. The highest BCUT2D eigenvalue weighted by Gasteiger charge is 2.25. The lowest BCUT2D eigenvalue weighted by atomic mass is 10.1. The fourth-order valence-electron chi connectivity index (χ4n) is 3.29. The Morgan fingerprint density at radius 1 is 1.29 bits per heavy atom. The molecule has 28 heavy (non-hydrogen) atoms. The van der Waals surface area contributed by atoms with E-state index in [1.807, 2.05) is 36.8 Å². The van der Waals surface area contributed by atoms with Crippen molar-refractivity contribution in [3.8, 4) is 5.75 Å². The standard InChI is InChI=1S/C22H28N2O3S/c1-4-16-14-24(17-8-6-5-7-9-17)19-12-18(23(2)3)20(13-21(19)28-15-16)27-11-10-22(25)26/h5-9,12-13,16H,4,10-11,14-15H2,1-3H3,(H,25,26). The number of carboxylic acids is 1. The molecule has 1 unspecified atom stereocenters. The maximum Gasteiger partial charge on any atom is 0.306 e. The fourth-order valence-corrected chi connectivity index (χ4v) is 4.56. The molecule has 1 aliphatic heterocycles. The Labute approximate surface area is 171 Å². The largest absolute Gasteiger partial charge is 0.491 e. The first-order valence-electron chi connectivity index (χ1n) is 9.65. The van der Waals surface area contributed by atoms with Crippen LogP contribution in [-0.2, 0) is 4.79 Å².